The standard InChI is InChI=1S/C16H23N3O3S/c1-16(2,3)22-15(20)19-4-5-21-10-13(19)8-18-9-14-6-12(7-17)11-23-14/h6,11,13,18H,4-5,8-10H2,1-3H3. The Morgan fingerprint density at radius 1 is 1.61 bits per heavy atom. The summed E-state index contributed by atoms with van der Waals surface area (Å²) in [6, 6.07) is 3.95. The number of ether oxygens (including phenoxy) is 2. The van der Waals surface area contributed by atoms with E-state index in [1.165, 1.54) is 0 Å². The van der Waals surface area contributed by atoms with Gasteiger partial charge in [-0.25, -0.2) is 4.79 Å². The second-order valence-electron chi connectivity index (χ2n) is 6.45. The number of hydrogen-bond donors (Lipinski definition) is 1. The molecule has 6 nitrogen and oxygen atoms in total. The predicted molar refractivity (Wildman–Crippen MR) is 88.3 cm³/mol. The number of nitriles is 1. The van der Waals surface area contributed by atoms with E-state index in [1.54, 1.807) is 16.2 Å². The Morgan fingerprint density at radius 2 is 2.39 bits per heavy atom. The van der Waals surface area contributed by atoms with Crippen molar-refractivity contribution in [2.24, 2.45) is 0 Å². The van der Waals surface area contributed by atoms with Gasteiger partial charge in [0.25, 0.3) is 0 Å². The normalized spacial score (nSPS) is 18.5. The van der Waals surface area contributed by atoms with E-state index in [4.69, 9.17) is 14.7 Å². The van der Waals surface area contributed by atoms with Crippen LogP contribution in [0.3, 0.4) is 0 Å². The lowest BCUT2D eigenvalue weighted by atomic mass is 10.2. The van der Waals surface area contributed by atoms with Crippen LogP contribution in [-0.2, 0) is 16.0 Å². The molecule has 1 unspecified atom stereocenters. The molecule has 23 heavy (non-hydrogen) atoms. The molecule has 0 aromatic carbocycles. The molecule has 1 N–H and O–H groups in total. The SMILES string of the molecule is CC(C)(C)OC(=O)N1CCOCC1CNCc1cc(C#N)cs1. The zero-order valence-electron chi connectivity index (χ0n) is 13.8. The summed E-state index contributed by atoms with van der Waals surface area (Å²) in [6.07, 6.45) is -0.296. The van der Waals surface area contributed by atoms with Crippen molar-refractivity contribution in [2.45, 2.75) is 39.0 Å². The number of nitrogens with one attached hydrogen (secondary N) is 1. The van der Waals surface area contributed by atoms with E-state index < -0.39 is 5.60 Å². The molecule has 0 bridgehead atoms. The molecule has 1 aliphatic rings. The molecule has 0 radical (unpaired) electrons. The van der Waals surface area contributed by atoms with Crippen molar-refractivity contribution in [3.8, 4) is 6.07 Å². The van der Waals surface area contributed by atoms with Gasteiger partial charge in [-0.3, -0.25) is 4.90 Å². The van der Waals surface area contributed by atoms with E-state index in [-0.39, 0.29) is 12.1 Å². The number of thiophene rings is 1. The van der Waals surface area contributed by atoms with E-state index >= 15 is 0 Å². The highest BCUT2D eigenvalue weighted by molar-refractivity contribution is 7.10. The molecule has 1 fully saturated rings. The van der Waals surface area contributed by atoms with Crippen molar-refractivity contribution in [2.75, 3.05) is 26.3 Å². The minimum absolute atomic E-state index is 0.0472. The third kappa shape index (κ3) is 5.50. The quantitative estimate of drug-likeness (QED) is 0.913. The lowest BCUT2D eigenvalue weighted by molar-refractivity contribution is -0.0317. The van der Waals surface area contributed by atoms with Crippen LogP contribution in [0, 0.1) is 11.3 Å². The summed E-state index contributed by atoms with van der Waals surface area (Å²) >= 11 is 1.55. The van der Waals surface area contributed by atoms with Gasteiger partial charge in [0.2, 0.25) is 0 Å². The topological polar surface area (TPSA) is 74.6 Å². The van der Waals surface area contributed by atoms with Crippen LogP contribution in [0.15, 0.2) is 11.4 Å². The van der Waals surface area contributed by atoms with Crippen molar-refractivity contribution < 1.29 is 14.3 Å². The summed E-state index contributed by atoms with van der Waals surface area (Å²) in [6.45, 7) is 8.46. The lowest BCUT2D eigenvalue weighted by Gasteiger charge is -2.36. The molecule has 7 heteroatoms. The highest BCUT2D eigenvalue weighted by Gasteiger charge is 2.30. The minimum atomic E-state index is -0.502. The summed E-state index contributed by atoms with van der Waals surface area (Å²) in [5, 5.41) is 14.0. The van der Waals surface area contributed by atoms with Crippen LogP contribution in [0.1, 0.15) is 31.2 Å². The van der Waals surface area contributed by atoms with Crippen LogP contribution in [0.2, 0.25) is 0 Å². The molecule has 126 valence electrons. The maximum atomic E-state index is 12.3. The Hall–Kier alpha value is -1.62. The van der Waals surface area contributed by atoms with Crippen molar-refractivity contribution in [3.63, 3.8) is 0 Å². The predicted octanol–water partition coefficient (Wildman–Crippen LogP) is 2.35. The summed E-state index contributed by atoms with van der Waals surface area (Å²) in [5.41, 5.74) is 0.182. The Balaban J connectivity index is 1.86. The smallest absolute Gasteiger partial charge is 0.410 e. The van der Waals surface area contributed by atoms with E-state index in [0.717, 1.165) is 4.88 Å². The first kappa shape index (κ1) is 17.7. The molecule has 0 spiro atoms. The van der Waals surface area contributed by atoms with Crippen molar-refractivity contribution >= 4 is 17.4 Å². The van der Waals surface area contributed by atoms with Crippen molar-refractivity contribution in [1.29, 1.82) is 5.26 Å². The molecular weight excluding hydrogens is 314 g/mol. The van der Waals surface area contributed by atoms with E-state index in [0.29, 0.717) is 38.4 Å². The summed E-state index contributed by atoms with van der Waals surface area (Å²) < 4.78 is 10.9. The second kappa shape index (κ2) is 7.77. The molecule has 1 aromatic rings. The highest BCUT2D eigenvalue weighted by atomic mass is 32.1. The van der Waals surface area contributed by atoms with Crippen LogP contribution < -0.4 is 5.32 Å². The molecule has 0 saturated carbocycles. The summed E-state index contributed by atoms with van der Waals surface area (Å²) in [5.74, 6) is 0. The number of amides is 1. The Kier molecular flexibility index (Phi) is 5.99. The van der Waals surface area contributed by atoms with Gasteiger partial charge in [0.15, 0.2) is 0 Å². The van der Waals surface area contributed by atoms with Gasteiger partial charge in [-0.2, -0.15) is 5.26 Å². The van der Waals surface area contributed by atoms with Crippen LogP contribution in [-0.4, -0.2) is 48.9 Å². The lowest BCUT2D eigenvalue weighted by Crippen LogP contribution is -2.53. The monoisotopic (exact) mass is 337 g/mol. The molecular formula is C16H23N3O3S. The summed E-state index contributed by atoms with van der Waals surface area (Å²) in [7, 11) is 0. The van der Waals surface area contributed by atoms with Gasteiger partial charge in [0.05, 0.1) is 24.8 Å². The Morgan fingerprint density at radius 3 is 3.04 bits per heavy atom. The molecule has 1 atom stereocenters. The van der Waals surface area contributed by atoms with Gasteiger partial charge in [-0.15, -0.1) is 11.3 Å². The van der Waals surface area contributed by atoms with Gasteiger partial charge in [0, 0.05) is 29.9 Å². The number of hydrogen-bond acceptors (Lipinski definition) is 6. The first-order valence-corrected chi connectivity index (χ1v) is 8.52. The fourth-order valence-corrected chi connectivity index (χ4v) is 3.06. The molecule has 1 amide bonds. The third-order valence-electron chi connectivity index (χ3n) is 3.32. The maximum Gasteiger partial charge on any atom is 0.410 e. The average Bonchev–Trinajstić information content (AvgIpc) is 2.94. The molecule has 2 heterocycles. The minimum Gasteiger partial charge on any atom is -0.444 e. The Labute approximate surface area is 141 Å². The van der Waals surface area contributed by atoms with Gasteiger partial charge >= 0.3 is 6.09 Å². The Bertz CT molecular complexity index is 574. The molecule has 0 aliphatic carbocycles. The first-order chi connectivity index (χ1) is 10.9. The fourth-order valence-electron chi connectivity index (χ4n) is 2.28. The zero-order chi connectivity index (χ0) is 16.9. The number of morpholine rings is 1. The molecule has 1 aliphatic heterocycles. The van der Waals surface area contributed by atoms with E-state index in [1.807, 2.05) is 32.2 Å². The largest absolute Gasteiger partial charge is 0.444 e. The first-order valence-electron chi connectivity index (χ1n) is 7.64. The van der Waals surface area contributed by atoms with Gasteiger partial charge < -0.3 is 14.8 Å². The van der Waals surface area contributed by atoms with Gasteiger partial charge in [0.1, 0.15) is 11.7 Å². The van der Waals surface area contributed by atoms with Crippen LogP contribution in [0.4, 0.5) is 4.79 Å². The van der Waals surface area contributed by atoms with E-state index in [2.05, 4.69) is 11.4 Å². The van der Waals surface area contributed by atoms with E-state index in [9.17, 15) is 4.79 Å². The maximum absolute atomic E-state index is 12.3. The molecule has 2 rings (SSSR count). The number of carbonyl (C=O) groups excluding carboxylic acids is 1. The third-order valence-corrected chi connectivity index (χ3v) is 4.25. The highest BCUT2D eigenvalue weighted by Crippen LogP contribution is 2.16. The number of rotatable bonds is 4. The second-order valence-corrected chi connectivity index (χ2v) is 7.44. The van der Waals surface area contributed by atoms with Gasteiger partial charge in [-0.05, 0) is 26.8 Å². The molecule has 1 aromatic heterocycles. The van der Waals surface area contributed by atoms with Gasteiger partial charge in [-0.1, -0.05) is 0 Å². The average molecular weight is 337 g/mol. The zero-order valence-corrected chi connectivity index (χ0v) is 14.6. The van der Waals surface area contributed by atoms with Crippen molar-refractivity contribution in [3.05, 3.63) is 21.9 Å². The van der Waals surface area contributed by atoms with Crippen molar-refractivity contribution in [1.82, 2.24) is 10.2 Å². The fraction of sp³-hybridized carbons (Fsp3) is 0.625. The molecule has 1 saturated heterocycles. The summed E-state index contributed by atoms with van der Waals surface area (Å²) in [4.78, 5) is 15.1. The number of carbonyl (C=O) groups is 1. The van der Waals surface area contributed by atoms with Crippen LogP contribution in [0.25, 0.3) is 0 Å². The van der Waals surface area contributed by atoms with Crippen LogP contribution in [0.5, 0.6) is 0 Å². The van der Waals surface area contributed by atoms with Crippen LogP contribution >= 0.6 is 11.3 Å². The number of nitrogens with zero attached hydrogens (tertiary/aromatic N) is 2.